The van der Waals surface area contributed by atoms with Crippen LogP contribution in [0.4, 0.5) is 15.8 Å². The van der Waals surface area contributed by atoms with Gasteiger partial charge in [0, 0.05) is 17.9 Å². The van der Waals surface area contributed by atoms with E-state index in [1.165, 1.54) is 18.2 Å². The van der Waals surface area contributed by atoms with E-state index in [1.54, 1.807) is 24.3 Å². The monoisotopic (exact) mass is 318 g/mol. The summed E-state index contributed by atoms with van der Waals surface area (Å²) in [5.41, 5.74) is 6.40. The van der Waals surface area contributed by atoms with Crippen LogP contribution in [0.3, 0.4) is 0 Å². The first-order valence-corrected chi connectivity index (χ1v) is 7.27. The lowest BCUT2D eigenvalue weighted by Crippen LogP contribution is -2.13. The molecule has 0 saturated carbocycles. The summed E-state index contributed by atoms with van der Waals surface area (Å²) in [5, 5.41) is 2.49. The molecule has 0 fully saturated rings. The number of carbonyl (C=O) groups excluding carboxylic acids is 1. The zero-order valence-corrected chi connectivity index (χ0v) is 12.8. The summed E-state index contributed by atoms with van der Waals surface area (Å²) in [5.74, 6) is -0.324. The highest BCUT2D eigenvalue weighted by Crippen LogP contribution is 2.19. The number of rotatable bonds is 7. The Hall–Kier alpha value is -2.60. The number of hydrogen-bond acceptors (Lipinski definition) is 4. The van der Waals surface area contributed by atoms with Gasteiger partial charge in [-0.2, -0.15) is 0 Å². The molecule has 0 heterocycles. The molecule has 0 unspecified atom stereocenters. The van der Waals surface area contributed by atoms with E-state index < -0.39 is 11.7 Å². The lowest BCUT2D eigenvalue weighted by Gasteiger charge is -2.09. The molecular weight excluding hydrogens is 299 g/mol. The van der Waals surface area contributed by atoms with E-state index in [0.29, 0.717) is 36.8 Å². The fourth-order valence-corrected chi connectivity index (χ4v) is 1.90. The molecule has 0 aliphatic rings. The van der Waals surface area contributed by atoms with Crippen molar-refractivity contribution in [2.24, 2.45) is 0 Å². The Bertz CT molecular complexity index is 659. The van der Waals surface area contributed by atoms with Crippen molar-refractivity contribution in [2.45, 2.75) is 6.92 Å². The summed E-state index contributed by atoms with van der Waals surface area (Å²) in [7, 11) is 0. The maximum atomic E-state index is 13.6. The van der Waals surface area contributed by atoms with Crippen molar-refractivity contribution >= 4 is 17.3 Å². The number of nitrogens with two attached hydrogens (primary N) is 1. The van der Waals surface area contributed by atoms with E-state index >= 15 is 0 Å². The largest absolute Gasteiger partial charge is 0.491 e. The van der Waals surface area contributed by atoms with Crippen LogP contribution < -0.4 is 15.8 Å². The highest BCUT2D eigenvalue weighted by Gasteiger charge is 2.10. The molecule has 23 heavy (non-hydrogen) atoms. The molecule has 122 valence electrons. The van der Waals surface area contributed by atoms with Gasteiger partial charge in [-0.3, -0.25) is 4.79 Å². The maximum absolute atomic E-state index is 13.6. The molecule has 3 N–H and O–H groups in total. The van der Waals surface area contributed by atoms with Gasteiger partial charge in [0.15, 0.2) is 0 Å². The number of ether oxygens (including phenoxy) is 2. The number of hydrogen-bond donors (Lipinski definition) is 2. The van der Waals surface area contributed by atoms with Gasteiger partial charge in [-0.05, 0) is 49.4 Å². The van der Waals surface area contributed by atoms with Crippen LogP contribution in [0.25, 0.3) is 0 Å². The van der Waals surface area contributed by atoms with Gasteiger partial charge in [-0.15, -0.1) is 0 Å². The normalized spacial score (nSPS) is 10.3. The number of anilines is 2. The van der Waals surface area contributed by atoms with Crippen molar-refractivity contribution in [3.05, 3.63) is 53.8 Å². The van der Waals surface area contributed by atoms with Crippen LogP contribution in [0.15, 0.2) is 42.5 Å². The van der Waals surface area contributed by atoms with Gasteiger partial charge in [0.05, 0.1) is 12.3 Å². The fraction of sp³-hybridized carbons (Fsp3) is 0.235. The summed E-state index contributed by atoms with van der Waals surface area (Å²) >= 11 is 0. The summed E-state index contributed by atoms with van der Waals surface area (Å²) in [4.78, 5) is 12.1. The van der Waals surface area contributed by atoms with Gasteiger partial charge in [0.25, 0.3) is 5.91 Å². The Morgan fingerprint density at radius 1 is 1.17 bits per heavy atom. The minimum Gasteiger partial charge on any atom is -0.491 e. The van der Waals surface area contributed by atoms with E-state index in [-0.39, 0.29) is 5.69 Å². The minimum atomic E-state index is -0.538. The van der Waals surface area contributed by atoms with Crippen LogP contribution in [0.2, 0.25) is 0 Å². The van der Waals surface area contributed by atoms with Gasteiger partial charge in [-0.25, -0.2) is 4.39 Å². The second-order valence-corrected chi connectivity index (χ2v) is 4.76. The Kier molecular flexibility index (Phi) is 5.94. The van der Waals surface area contributed by atoms with E-state index in [0.717, 1.165) is 0 Å². The van der Waals surface area contributed by atoms with Crippen molar-refractivity contribution in [3.63, 3.8) is 0 Å². The van der Waals surface area contributed by atoms with Crippen LogP contribution in [0.5, 0.6) is 5.75 Å². The Balaban J connectivity index is 1.96. The van der Waals surface area contributed by atoms with Crippen LogP contribution in [-0.4, -0.2) is 25.7 Å². The molecule has 0 aliphatic carbocycles. The quantitative estimate of drug-likeness (QED) is 0.608. The molecule has 0 aliphatic heterocycles. The second kappa shape index (κ2) is 8.14. The second-order valence-electron chi connectivity index (χ2n) is 4.76. The van der Waals surface area contributed by atoms with Crippen molar-refractivity contribution in [1.82, 2.24) is 0 Å². The molecular formula is C17H19FN2O3. The summed E-state index contributed by atoms with van der Waals surface area (Å²) in [6, 6.07) is 10.6. The summed E-state index contributed by atoms with van der Waals surface area (Å²) in [6.07, 6.45) is 0. The first-order chi connectivity index (χ1) is 11.1. The van der Waals surface area contributed by atoms with Crippen molar-refractivity contribution in [3.8, 4) is 5.75 Å². The standard InChI is InChI=1S/C17H19FN2O3/c1-2-22-9-10-23-14-6-3-12(4-7-14)17(21)20-16-11-13(19)5-8-15(16)18/h3-8,11H,2,9-10,19H2,1H3,(H,20,21). The molecule has 5 nitrogen and oxygen atoms in total. The van der Waals surface area contributed by atoms with Crippen molar-refractivity contribution < 1.29 is 18.7 Å². The van der Waals surface area contributed by atoms with Crippen LogP contribution >= 0.6 is 0 Å². The lowest BCUT2D eigenvalue weighted by atomic mass is 10.2. The SMILES string of the molecule is CCOCCOc1ccc(C(=O)Nc2cc(N)ccc2F)cc1. The third-order valence-electron chi connectivity index (χ3n) is 3.06. The van der Waals surface area contributed by atoms with Gasteiger partial charge in [0.1, 0.15) is 18.2 Å². The lowest BCUT2D eigenvalue weighted by molar-refractivity contribution is 0.102. The number of nitrogen functional groups attached to an aromatic ring is 1. The summed E-state index contributed by atoms with van der Waals surface area (Å²) < 4.78 is 24.2. The van der Waals surface area contributed by atoms with Gasteiger partial charge in [0.2, 0.25) is 0 Å². The number of amides is 1. The van der Waals surface area contributed by atoms with E-state index in [1.807, 2.05) is 6.92 Å². The predicted octanol–water partition coefficient (Wildman–Crippen LogP) is 3.08. The van der Waals surface area contributed by atoms with Crippen LogP contribution in [0.1, 0.15) is 17.3 Å². The molecule has 0 atom stereocenters. The topological polar surface area (TPSA) is 73.6 Å². The molecule has 2 rings (SSSR count). The van der Waals surface area contributed by atoms with Crippen molar-refractivity contribution in [1.29, 1.82) is 0 Å². The van der Waals surface area contributed by atoms with Crippen LogP contribution in [-0.2, 0) is 4.74 Å². The smallest absolute Gasteiger partial charge is 0.255 e. The number of nitrogens with one attached hydrogen (secondary N) is 1. The molecule has 0 aromatic heterocycles. The maximum Gasteiger partial charge on any atom is 0.255 e. The zero-order valence-electron chi connectivity index (χ0n) is 12.8. The average Bonchev–Trinajstić information content (AvgIpc) is 2.55. The molecule has 6 heteroatoms. The molecule has 2 aromatic carbocycles. The predicted molar refractivity (Wildman–Crippen MR) is 87.2 cm³/mol. The van der Waals surface area contributed by atoms with Crippen LogP contribution in [0, 0.1) is 5.82 Å². The first kappa shape index (κ1) is 16.8. The Morgan fingerprint density at radius 3 is 2.61 bits per heavy atom. The fourth-order valence-electron chi connectivity index (χ4n) is 1.90. The number of carbonyl (C=O) groups is 1. The minimum absolute atomic E-state index is 0.0482. The first-order valence-electron chi connectivity index (χ1n) is 7.27. The zero-order chi connectivity index (χ0) is 16.7. The van der Waals surface area contributed by atoms with Gasteiger partial charge in [-0.1, -0.05) is 0 Å². The molecule has 0 spiro atoms. The molecule has 2 aromatic rings. The molecule has 0 bridgehead atoms. The summed E-state index contributed by atoms with van der Waals surface area (Å²) in [6.45, 7) is 3.50. The molecule has 1 amide bonds. The van der Waals surface area contributed by atoms with E-state index in [2.05, 4.69) is 5.32 Å². The Morgan fingerprint density at radius 2 is 1.91 bits per heavy atom. The highest BCUT2D eigenvalue weighted by molar-refractivity contribution is 6.04. The molecule has 0 saturated heterocycles. The van der Waals surface area contributed by atoms with Gasteiger partial charge >= 0.3 is 0 Å². The number of benzene rings is 2. The van der Waals surface area contributed by atoms with Gasteiger partial charge < -0.3 is 20.5 Å². The number of halogens is 1. The highest BCUT2D eigenvalue weighted by atomic mass is 19.1. The third kappa shape index (κ3) is 4.96. The molecule has 0 radical (unpaired) electrons. The Labute approximate surface area is 134 Å². The van der Waals surface area contributed by atoms with E-state index in [9.17, 15) is 9.18 Å². The average molecular weight is 318 g/mol. The third-order valence-corrected chi connectivity index (χ3v) is 3.06. The van der Waals surface area contributed by atoms with E-state index in [4.69, 9.17) is 15.2 Å². The van der Waals surface area contributed by atoms with Crippen molar-refractivity contribution in [2.75, 3.05) is 30.9 Å².